The maximum Gasteiger partial charge on any atom is 0.332 e. The molecule has 0 aliphatic carbocycles. The van der Waals surface area contributed by atoms with E-state index in [1.54, 1.807) is 18.2 Å². The summed E-state index contributed by atoms with van der Waals surface area (Å²) in [6.45, 7) is 7.07. The number of carbonyl (C=O) groups is 4. The zero-order valence-electron chi connectivity index (χ0n) is 31.0. The van der Waals surface area contributed by atoms with Crippen LogP contribution in [0, 0.1) is 11.8 Å². The van der Waals surface area contributed by atoms with Gasteiger partial charge in [0.25, 0.3) is 0 Å². The van der Waals surface area contributed by atoms with Crippen molar-refractivity contribution in [2.45, 2.75) is 57.4 Å². The molecular weight excluding hydrogens is 697 g/mol. The third-order valence-corrected chi connectivity index (χ3v) is 8.82. The third-order valence-electron chi connectivity index (χ3n) is 8.82. The molecule has 0 radical (unpaired) electrons. The number of benzene rings is 4. The zero-order chi connectivity index (χ0) is 39.3. The van der Waals surface area contributed by atoms with Crippen LogP contribution in [0.15, 0.2) is 141 Å². The first-order valence-corrected chi connectivity index (χ1v) is 18.4. The minimum atomic E-state index is -1.35. The van der Waals surface area contributed by atoms with Gasteiger partial charge in [0.1, 0.15) is 25.6 Å². The lowest BCUT2D eigenvalue weighted by Crippen LogP contribution is -2.48. The lowest BCUT2D eigenvalue weighted by atomic mass is 9.96. The highest BCUT2D eigenvalue weighted by molar-refractivity contribution is 5.89. The summed E-state index contributed by atoms with van der Waals surface area (Å²) in [7, 11) is 0. The van der Waals surface area contributed by atoms with E-state index in [9.17, 15) is 24.3 Å². The molecule has 0 fully saturated rings. The second-order valence-electron chi connectivity index (χ2n) is 13.2. The largest absolute Gasteiger partial charge is 0.489 e. The summed E-state index contributed by atoms with van der Waals surface area (Å²) < 4.78 is 17.0. The van der Waals surface area contributed by atoms with Crippen LogP contribution in [0.1, 0.15) is 41.5 Å². The molecule has 55 heavy (non-hydrogen) atoms. The van der Waals surface area contributed by atoms with E-state index >= 15 is 0 Å². The maximum absolute atomic E-state index is 13.6. The predicted octanol–water partition coefficient (Wildman–Crippen LogP) is 6.07. The smallest absolute Gasteiger partial charge is 0.332 e. The maximum atomic E-state index is 13.6. The highest BCUT2D eigenvalue weighted by Gasteiger charge is 2.30. The summed E-state index contributed by atoms with van der Waals surface area (Å²) in [5, 5.41) is 15.6. The monoisotopic (exact) mass is 746 g/mol. The fourth-order valence-electron chi connectivity index (χ4n) is 5.84. The Hall–Kier alpha value is -6.00. The van der Waals surface area contributed by atoms with Crippen LogP contribution in [0.3, 0.4) is 0 Å². The number of ether oxygens (including phenoxy) is 3. The number of carbonyl (C=O) groups excluding carboxylic acids is 4. The van der Waals surface area contributed by atoms with Crippen LogP contribution in [-0.2, 0) is 54.7 Å². The van der Waals surface area contributed by atoms with E-state index in [2.05, 4.69) is 23.8 Å². The SMILES string of the molecule is C=CC[C@H](CC(=O)N[C@H](CO)Cc1ccc(OCc2ccccc2)cc1)C(=O)N[C@H](COC(=O)[C@H](CC=C)Cc1ccccc1)C(=O)OCc1ccccc1. The Labute approximate surface area is 323 Å². The van der Waals surface area contributed by atoms with Gasteiger partial charge in [-0.1, -0.05) is 115 Å². The Morgan fingerprint density at radius 2 is 1.16 bits per heavy atom. The van der Waals surface area contributed by atoms with Crippen LogP contribution >= 0.6 is 0 Å². The van der Waals surface area contributed by atoms with Crippen LogP contribution in [0.4, 0.5) is 0 Å². The fourth-order valence-corrected chi connectivity index (χ4v) is 5.84. The van der Waals surface area contributed by atoms with Crippen LogP contribution in [0.5, 0.6) is 5.75 Å². The van der Waals surface area contributed by atoms with Crippen molar-refractivity contribution in [1.29, 1.82) is 0 Å². The van der Waals surface area contributed by atoms with Gasteiger partial charge in [0.05, 0.1) is 24.5 Å². The Morgan fingerprint density at radius 1 is 0.618 bits per heavy atom. The van der Waals surface area contributed by atoms with Gasteiger partial charge in [-0.15, -0.1) is 13.2 Å². The highest BCUT2D eigenvalue weighted by Crippen LogP contribution is 2.18. The van der Waals surface area contributed by atoms with Crippen molar-refractivity contribution in [2.75, 3.05) is 13.2 Å². The van der Waals surface area contributed by atoms with Crippen molar-refractivity contribution in [1.82, 2.24) is 10.6 Å². The third kappa shape index (κ3) is 14.7. The van der Waals surface area contributed by atoms with E-state index in [0.29, 0.717) is 31.6 Å². The number of amides is 2. The van der Waals surface area contributed by atoms with Crippen LogP contribution in [0.2, 0.25) is 0 Å². The molecule has 0 saturated heterocycles. The molecule has 4 atom stereocenters. The average Bonchev–Trinajstić information content (AvgIpc) is 3.21. The fraction of sp³-hybridized carbons (Fsp3) is 0.289. The molecule has 4 rings (SSSR count). The lowest BCUT2D eigenvalue weighted by Gasteiger charge is -2.23. The van der Waals surface area contributed by atoms with Gasteiger partial charge < -0.3 is 30.0 Å². The molecule has 3 N–H and O–H groups in total. The van der Waals surface area contributed by atoms with Gasteiger partial charge >= 0.3 is 11.9 Å². The highest BCUT2D eigenvalue weighted by atomic mass is 16.6. The first kappa shape index (κ1) is 41.8. The standard InChI is InChI=1S/C45H50N2O8/c1-3-14-37(28-42(49)46-39(29-48)27-34-22-24-40(25-23-34)53-30-35-18-10-6-11-19-35)43(50)47-41(45(52)54-31-36-20-12-7-13-21-36)32-55-44(51)38(15-4-2)26-33-16-8-5-9-17-33/h3-13,16-25,37-39,41,48H,1-2,14-15,26-32H2,(H,46,49)(H,47,50)/t37-,38-,39+,41-/m1/s1. The van der Waals surface area contributed by atoms with Crippen LogP contribution < -0.4 is 15.4 Å². The van der Waals surface area contributed by atoms with E-state index in [0.717, 1.165) is 22.3 Å². The van der Waals surface area contributed by atoms with Crippen molar-refractivity contribution in [2.24, 2.45) is 11.8 Å². The molecule has 0 aromatic heterocycles. The number of hydrogen-bond acceptors (Lipinski definition) is 8. The van der Waals surface area contributed by atoms with E-state index in [1.165, 1.54) is 6.08 Å². The van der Waals surface area contributed by atoms with E-state index in [4.69, 9.17) is 14.2 Å². The van der Waals surface area contributed by atoms with E-state index in [-0.39, 0.29) is 26.1 Å². The minimum absolute atomic E-state index is 0.0580. The topological polar surface area (TPSA) is 140 Å². The average molecular weight is 747 g/mol. The molecule has 0 bridgehead atoms. The lowest BCUT2D eigenvalue weighted by molar-refractivity contribution is -0.157. The number of aliphatic hydroxyl groups is 1. The second kappa shape index (κ2) is 22.9. The van der Waals surface area contributed by atoms with Gasteiger partial charge in [0, 0.05) is 6.42 Å². The molecule has 0 unspecified atom stereocenters. The number of allylic oxidation sites excluding steroid dienone is 2. The molecule has 10 heteroatoms. The quantitative estimate of drug-likeness (QED) is 0.0614. The zero-order valence-corrected chi connectivity index (χ0v) is 31.0. The Balaban J connectivity index is 1.36. The molecule has 2 amide bonds. The summed E-state index contributed by atoms with van der Waals surface area (Å²) in [6.07, 6.45) is 4.12. The minimum Gasteiger partial charge on any atom is -0.489 e. The first-order chi connectivity index (χ1) is 26.8. The number of rotatable bonds is 23. The van der Waals surface area contributed by atoms with Gasteiger partial charge in [-0.25, -0.2) is 4.79 Å². The van der Waals surface area contributed by atoms with Crippen LogP contribution in [-0.4, -0.2) is 54.2 Å². The molecule has 0 aliphatic heterocycles. The first-order valence-electron chi connectivity index (χ1n) is 18.4. The summed E-state index contributed by atoms with van der Waals surface area (Å²) in [4.78, 5) is 53.5. The normalized spacial score (nSPS) is 12.9. The van der Waals surface area contributed by atoms with Gasteiger partial charge in [0.15, 0.2) is 6.04 Å². The molecule has 288 valence electrons. The predicted molar refractivity (Wildman–Crippen MR) is 210 cm³/mol. The van der Waals surface area contributed by atoms with Crippen molar-refractivity contribution < 1.29 is 38.5 Å². The van der Waals surface area contributed by atoms with Gasteiger partial charge in [-0.2, -0.15) is 0 Å². The Morgan fingerprint density at radius 3 is 1.75 bits per heavy atom. The summed E-state index contributed by atoms with van der Waals surface area (Å²) in [6, 6.07) is 33.8. The Kier molecular flexibility index (Phi) is 17.4. The molecule has 0 spiro atoms. The number of hydrogen-bond donors (Lipinski definition) is 3. The van der Waals surface area contributed by atoms with Crippen molar-refractivity contribution >= 4 is 23.8 Å². The molecule has 4 aromatic rings. The van der Waals surface area contributed by atoms with Crippen LogP contribution in [0.25, 0.3) is 0 Å². The van der Waals surface area contributed by atoms with Crippen molar-refractivity contribution in [3.63, 3.8) is 0 Å². The molecule has 0 aliphatic rings. The summed E-state index contributed by atoms with van der Waals surface area (Å²) >= 11 is 0. The molecule has 4 aromatic carbocycles. The van der Waals surface area contributed by atoms with Crippen molar-refractivity contribution in [3.05, 3.63) is 163 Å². The molecule has 0 heterocycles. The van der Waals surface area contributed by atoms with Gasteiger partial charge in [-0.05, 0) is 60.1 Å². The number of esters is 2. The van der Waals surface area contributed by atoms with E-state index < -0.39 is 54.3 Å². The summed E-state index contributed by atoms with van der Waals surface area (Å²) in [5.41, 5.74) is 3.59. The second-order valence-corrected chi connectivity index (χ2v) is 13.2. The molecule has 10 nitrogen and oxygen atoms in total. The molecular formula is C45H50N2O8. The summed E-state index contributed by atoms with van der Waals surface area (Å²) in [5.74, 6) is -3.21. The Bertz CT molecular complexity index is 1800. The van der Waals surface area contributed by atoms with E-state index in [1.807, 2.05) is 103 Å². The van der Waals surface area contributed by atoms with Crippen molar-refractivity contribution in [3.8, 4) is 5.75 Å². The number of aliphatic hydroxyl groups excluding tert-OH is 1. The van der Waals surface area contributed by atoms with Gasteiger partial charge in [0.2, 0.25) is 11.8 Å². The molecule has 0 saturated carbocycles. The number of nitrogens with one attached hydrogen (secondary N) is 2. The van der Waals surface area contributed by atoms with Gasteiger partial charge in [-0.3, -0.25) is 14.4 Å².